The molecule has 3 aromatic rings. The molecular formula is C27H28FNO4S. The van der Waals surface area contributed by atoms with Gasteiger partial charge in [-0.2, -0.15) is 0 Å². The molecule has 34 heavy (non-hydrogen) atoms. The molecule has 0 aliphatic heterocycles. The van der Waals surface area contributed by atoms with Gasteiger partial charge in [0.05, 0.1) is 25.0 Å². The van der Waals surface area contributed by atoms with Gasteiger partial charge in [-0.05, 0) is 77.9 Å². The fourth-order valence-corrected chi connectivity index (χ4v) is 5.27. The van der Waals surface area contributed by atoms with Crippen molar-refractivity contribution in [3.05, 3.63) is 75.7 Å². The molecular weight excluding hydrogens is 453 g/mol. The summed E-state index contributed by atoms with van der Waals surface area (Å²) >= 11 is 1.44. The molecule has 4 rings (SSSR count). The lowest BCUT2D eigenvalue weighted by Gasteiger charge is -2.27. The van der Waals surface area contributed by atoms with Gasteiger partial charge in [-0.25, -0.2) is 4.39 Å². The minimum atomic E-state index is -0.342. The first-order valence-electron chi connectivity index (χ1n) is 11.4. The van der Waals surface area contributed by atoms with Crippen molar-refractivity contribution in [2.24, 2.45) is 5.92 Å². The van der Waals surface area contributed by atoms with E-state index in [9.17, 15) is 14.0 Å². The van der Waals surface area contributed by atoms with E-state index in [4.69, 9.17) is 9.47 Å². The fourth-order valence-electron chi connectivity index (χ4n) is 4.45. The summed E-state index contributed by atoms with van der Waals surface area (Å²) in [4.78, 5) is 25.4. The minimum Gasteiger partial charge on any atom is -0.497 e. The zero-order valence-corrected chi connectivity index (χ0v) is 20.1. The smallest absolute Gasteiger partial charge is 0.308 e. The van der Waals surface area contributed by atoms with Crippen LogP contribution >= 0.6 is 11.3 Å². The van der Waals surface area contributed by atoms with Gasteiger partial charge >= 0.3 is 5.97 Å². The minimum absolute atomic E-state index is 0.0602. The van der Waals surface area contributed by atoms with Crippen LogP contribution in [0.4, 0.5) is 4.39 Å². The van der Waals surface area contributed by atoms with Crippen LogP contribution in [0.25, 0.3) is 11.1 Å². The van der Waals surface area contributed by atoms with Crippen molar-refractivity contribution < 1.29 is 23.5 Å². The number of carbonyl (C=O) groups excluding carboxylic acids is 2. The Labute approximate surface area is 202 Å². The number of hydrogen-bond acceptors (Lipinski definition) is 5. The first-order chi connectivity index (χ1) is 16.5. The predicted molar refractivity (Wildman–Crippen MR) is 131 cm³/mol. The van der Waals surface area contributed by atoms with Crippen LogP contribution in [-0.4, -0.2) is 32.1 Å². The van der Waals surface area contributed by atoms with E-state index in [0.717, 1.165) is 47.9 Å². The number of nitrogens with one attached hydrogen (secondary N) is 1. The van der Waals surface area contributed by atoms with Crippen molar-refractivity contribution in [3.63, 3.8) is 0 Å². The first kappa shape index (κ1) is 24.0. The second kappa shape index (κ2) is 10.8. The van der Waals surface area contributed by atoms with Gasteiger partial charge in [0.2, 0.25) is 0 Å². The summed E-state index contributed by atoms with van der Waals surface area (Å²) in [5.41, 5.74) is 3.69. The number of rotatable bonds is 7. The van der Waals surface area contributed by atoms with Gasteiger partial charge in [-0.3, -0.25) is 9.59 Å². The number of thiophene rings is 1. The van der Waals surface area contributed by atoms with E-state index < -0.39 is 0 Å². The Morgan fingerprint density at radius 3 is 2.41 bits per heavy atom. The van der Waals surface area contributed by atoms with Gasteiger partial charge in [0, 0.05) is 12.1 Å². The Bertz CT molecular complexity index is 1150. The second-order valence-electron chi connectivity index (χ2n) is 8.57. The highest BCUT2D eigenvalue weighted by Gasteiger charge is 2.28. The highest BCUT2D eigenvalue weighted by molar-refractivity contribution is 7.12. The van der Waals surface area contributed by atoms with Crippen molar-refractivity contribution in [3.8, 4) is 16.9 Å². The molecule has 0 unspecified atom stereocenters. The Hall–Kier alpha value is -3.19. The molecule has 1 amide bonds. The number of hydrogen-bond donors (Lipinski definition) is 1. The molecule has 7 heteroatoms. The lowest BCUT2D eigenvalue weighted by molar-refractivity contribution is -0.146. The van der Waals surface area contributed by atoms with Crippen molar-refractivity contribution in [1.82, 2.24) is 5.32 Å². The number of ether oxygens (including phenoxy) is 2. The van der Waals surface area contributed by atoms with Crippen LogP contribution < -0.4 is 10.1 Å². The molecule has 5 nitrogen and oxygen atoms in total. The van der Waals surface area contributed by atoms with Gasteiger partial charge < -0.3 is 14.8 Å². The summed E-state index contributed by atoms with van der Waals surface area (Å²) in [7, 11) is 2.93. The monoisotopic (exact) mass is 481 g/mol. The van der Waals surface area contributed by atoms with E-state index in [1.165, 1.54) is 37.7 Å². The predicted octanol–water partition coefficient (Wildman–Crippen LogP) is 5.62. The highest BCUT2D eigenvalue weighted by Crippen LogP contribution is 2.28. The molecule has 1 N–H and O–H groups in total. The maximum absolute atomic E-state index is 13.9. The molecule has 1 aliphatic carbocycles. The Morgan fingerprint density at radius 2 is 1.74 bits per heavy atom. The quantitative estimate of drug-likeness (QED) is 0.445. The van der Waals surface area contributed by atoms with E-state index in [0.29, 0.717) is 17.0 Å². The molecule has 1 heterocycles. The molecule has 0 spiro atoms. The molecule has 1 aliphatic rings. The van der Waals surface area contributed by atoms with Crippen LogP contribution in [0.5, 0.6) is 5.75 Å². The summed E-state index contributed by atoms with van der Waals surface area (Å²) in [5.74, 6) is -0.146. The molecule has 1 fully saturated rings. The van der Waals surface area contributed by atoms with Gasteiger partial charge in [-0.15, -0.1) is 11.3 Å². The third-order valence-electron chi connectivity index (χ3n) is 6.34. The lowest BCUT2D eigenvalue weighted by atomic mass is 9.86. The maximum Gasteiger partial charge on any atom is 0.308 e. The molecule has 0 saturated heterocycles. The largest absolute Gasteiger partial charge is 0.497 e. The lowest BCUT2D eigenvalue weighted by Crippen LogP contribution is -2.38. The van der Waals surface area contributed by atoms with Crippen LogP contribution in [0.1, 0.15) is 46.5 Å². The van der Waals surface area contributed by atoms with Gasteiger partial charge in [0.1, 0.15) is 11.6 Å². The van der Waals surface area contributed by atoms with Crippen LogP contribution in [0.3, 0.4) is 0 Å². The van der Waals surface area contributed by atoms with Crippen LogP contribution in [-0.2, 0) is 16.0 Å². The van der Waals surface area contributed by atoms with Crippen molar-refractivity contribution in [2.45, 2.75) is 38.1 Å². The van der Waals surface area contributed by atoms with E-state index in [2.05, 4.69) is 5.32 Å². The average molecular weight is 482 g/mol. The number of benzene rings is 2. The Balaban J connectivity index is 1.39. The number of esters is 1. The molecule has 2 aromatic carbocycles. The molecule has 178 valence electrons. The van der Waals surface area contributed by atoms with E-state index in [1.54, 1.807) is 6.07 Å². The Morgan fingerprint density at radius 1 is 1.00 bits per heavy atom. The topological polar surface area (TPSA) is 64.6 Å². The number of halogens is 1. The first-order valence-corrected chi connectivity index (χ1v) is 12.2. The second-order valence-corrected chi connectivity index (χ2v) is 9.49. The summed E-state index contributed by atoms with van der Waals surface area (Å²) < 4.78 is 23.9. The standard InChI is InChI=1S/C27H28FNO4S/c1-32-24-15-21(14-22(28)16-24)18-5-3-17(4-6-18)13-20-11-12-34-25(20)26(30)29-23-9-7-19(8-10-23)27(31)33-2/h3-6,11-12,14-16,19,23H,7-10,13H2,1-2H3,(H,29,30). The maximum atomic E-state index is 13.9. The number of amides is 1. The molecule has 1 aromatic heterocycles. The van der Waals surface area contributed by atoms with E-state index >= 15 is 0 Å². The van der Waals surface area contributed by atoms with Crippen molar-refractivity contribution >= 4 is 23.2 Å². The number of carbonyl (C=O) groups is 2. The average Bonchev–Trinajstić information content (AvgIpc) is 3.32. The van der Waals surface area contributed by atoms with Gasteiger partial charge in [-0.1, -0.05) is 24.3 Å². The summed E-state index contributed by atoms with van der Waals surface area (Å²) in [6.07, 6.45) is 3.65. The fraction of sp³-hybridized carbons (Fsp3) is 0.333. The van der Waals surface area contributed by atoms with Crippen LogP contribution in [0, 0.1) is 11.7 Å². The Kier molecular flexibility index (Phi) is 7.63. The molecule has 0 atom stereocenters. The summed E-state index contributed by atoms with van der Waals surface area (Å²) in [5, 5.41) is 5.08. The molecule has 0 bridgehead atoms. The number of methoxy groups -OCH3 is 2. The van der Waals surface area contributed by atoms with Gasteiger partial charge in [0.25, 0.3) is 5.91 Å². The molecule has 1 saturated carbocycles. The third-order valence-corrected chi connectivity index (χ3v) is 7.29. The summed E-state index contributed by atoms with van der Waals surface area (Å²) in [6.45, 7) is 0. The van der Waals surface area contributed by atoms with Crippen LogP contribution in [0.15, 0.2) is 53.9 Å². The highest BCUT2D eigenvalue weighted by atomic mass is 32.1. The van der Waals surface area contributed by atoms with Crippen molar-refractivity contribution in [1.29, 1.82) is 0 Å². The van der Waals surface area contributed by atoms with Crippen molar-refractivity contribution in [2.75, 3.05) is 14.2 Å². The molecule has 0 radical (unpaired) electrons. The van der Waals surface area contributed by atoms with E-state index in [1.807, 2.05) is 35.7 Å². The van der Waals surface area contributed by atoms with Crippen LogP contribution in [0.2, 0.25) is 0 Å². The van der Waals surface area contributed by atoms with Gasteiger partial charge in [0.15, 0.2) is 0 Å². The third kappa shape index (κ3) is 5.65. The van der Waals surface area contributed by atoms with E-state index in [-0.39, 0.29) is 29.7 Å². The normalized spacial score (nSPS) is 17.7. The summed E-state index contributed by atoms with van der Waals surface area (Å²) in [6, 6.07) is 14.6. The zero-order chi connectivity index (χ0) is 24.1. The zero-order valence-electron chi connectivity index (χ0n) is 19.3. The SMILES string of the molecule is COC(=O)C1CCC(NC(=O)c2sccc2Cc2ccc(-c3cc(F)cc(OC)c3)cc2)CC1.